The summed E-state index contributed by atoms with van der Waals surface area (Å²) in [7, 11) is 1.32. The maximum Gasteiger partial charge on any atom is 0.266 e. The van der Waals surface area contributed by atoms with E-state index in [4.69, 9.17) is 5.73 Å². The number of aliphatic hydroxyl groups is 1. The van der Waals surface area contributed by atoms with E-state index in [2.05, 4.69) is 15.6 Å². The molecule has 0 aromatic rings. The number of hydrogen-bond donors (Lipinski definition) is 4. The highest BCUT2D eigenvalue weighted by atomic mass is 16.6. The number of rotatable bonds is 10. The summed E-state index contributed by atoms with van der Waals surface area (Å²) in [5.74, 6) is -0.976. The van der Waals surface area contributed by atoms with Gasteiger partial charge in [0, 0.05) is 12.6 Å². The number of nitrogens with zero attached hydrogens (tertiary/aromatic N) is 1. The van der Waals surface area contributed by atoms with Crippen LogP contribution in [-0.2, 0) is 19.2 Å². The molecule has 162 valence electrons. The van der Waals surface area contributed by atoms with Crippen molar-refractivity contribution in [1.29, 1.82) is 0 Å². The van der Waals surface area contributed by atoms with Crippen LogP contribution in [-0.4, -0.2) is 65.6 Å². The van der Waals surface area contributed by atoms with Crippen LogP contribution in [0.4, 0.5) is 0 Å². The molecule has 3 amide bonds. The second-order valence-corrected chi connectivity index (χ2v) is 8.29. The largest absolute Gasteiger partial charge is 0.382 e. The molecule has 0 bridgehead atoms. The van der Waals surface area contributed by atoms with E-state index < -0.39 is 42.0 Å². The fourth-order valence-electron chi connectivity index (χ4n) is 3.47. The Morgan fingerprint density at radius 1 is 1.18 bits per heavy atom. The van der Waals surface area contributed by atoms with Crippen LogP contribution in [0.15, 0.2) is 0 Å². The van der Waals surface area contributed by atoms with Crippen molar-refractivity contribution in [2.45, 2.75) is 77.6 Å². The second kappa shape index (κ2) is 11.3. The van der Waals surface area contributed by atoms with Crippen molar-refractivity contribution in [3.8, 4) is 0 Å². The van der Waals surface area contributed by atoms with Crippen molar-refractivity contribution < 1.29 is 24.3 Å². The molecule has 9 heteroatoms. The summed E-state index contributed by atoms with van der Waals surface area (Å²) in [6.07, 6.45) is 0.715. The SMILES string of the molecule is CONC(=O)[C@H](CC(C)C)NC(=O)[C@@H]1CCCN1C(=O)[C@@H](O)[C@H](N)CC(C)C. The highest BCUT2D eigenvalue weighted by molar-refractivity contribution is 5.93. The van der Waals surface area contributed by atoms with Gasteiger partial charge in [-0.05, 0) is 37.5 Å². The van der Waals surface area contributed by atoms with Gasteiger partial charge in [0.2, 0.25) is 5.91 Å². The standard InChI is InChI=1S/C19H36N4O5/c1-11(2)9-13(20)16(24)19(27)23-8-6-7-15(23)18(26)21-14(10-12(3)4)17(25)22-28-5/h11-16,24H,6-10,20H2,1-5H3,(H,21,26)(H,22,25)/t13-,14+,15+,16+/m1/s1. The lowest BCUT2D eigenvalue weighted by molar-refractivity contribution is -0.147. The summed E-state index contributed by atoms with van der Waals surface area (Å²) in [6.45, 7) is 8.18. The molecule has 0 aromatic heterocycles. The van der Waals surface area contributed by atoms with Crippen molar-refractivity contribution in [1.82, 2.24) is 15.7 Å². The Kier molecular flexibility index (Phi) is 9.84. The Balaban J connectivity index is 2.82. The molecule has 0 saturated carbocycles. The third-order valence-corrected chi connectivity index (χ3v) is 4.78. The van der Waals surface area contributed by atoms with Gasteiger partial charge in [0.1, 0.15) is 18.2 Å². The van der Waals surface area contributed by atoms with E-state index in [-0.39, 0.29) is 11.8 Å². The molecule has 5 N–H and O–H groups in total. The molecule has 1 heterocycles. The number of nitrogens with one attached hydrogen (secondary N) is 2. The maximum absolute atomic E-state index is 12.8. The minimum Gasteiger partial charge on any atom is -0.382 e. The molecule has 1 fully saturated rings. The molecule has 0 aliphatic carbocycles. The highest BCUT2D eigenvalue weighted by Gasteiger charge is 2.39. The van der Waals surface area contributed by atoms with Crippen molar-refractivity contribution in [3.63, 3.8) is 0 Å². The predicted octanol–water partition coefficient (Wildman–Crippen LogP) is -0.0798. The number of hydrogen-bond acceptors (Lipinski definition) is 6. The van der Waals surface area contributed by atoms with Crippen molar-refractivity contribution >= 4 is 17.7 Å². The molecule has 0 unspecified atom stereocenters. The van der Waals surface area contributed by atoms with Gasteiger partial charge in [-0.15, -0.1) is 0 Å². The van der Waals surface area contributed by atoms with Crippen LogP contribution in [0.5, 0.6) is 0 Å². The number of carbonyl (C=O) groups is 3. The van der Waals surface area contributed by atoms with E-state index in [1.807, 2.05) is 27.7 Å². The minimum atomic E-state index is -1.35. The first kappa shape index (κ1) is 24.3. The highest BCUT2D eigenvalue weighted by Crippen LogP contribution is 2.20. The molecule has 28 heavy (non-hydrogen) atoms. The quantitative estimate of drug-likeness (QED) is 0.379. The van der Waals surface area contributed by atoms with Crippen LogP contribution in [0, 0.1) is 11.8 Å². The number of likely N-dealkylation sites (tertiary alicyclic amines) is 1. The number of nitrogens with two attached hydrogens (primary N) is 1. The van der Waals surface area contributed by atoms with E-state index in [9.17, 15) is 19.5 Å². The lowest BCUT2D eigenvalue weighted by atomic mass is 9.99. The Hall–Kier alpha value is -1.71. The van der Waals surface area contributed by atoms with Crippen molar-refractivity contribution in [2.75, 3.05) is 13.7 Å². The van der Waals surface area contributed by atoms with Gasteiger partial charge >= 0.3 is 0 Å². The zero-order chi connectivity index (χ0) is 21.4. The second-order valence-electron chi connectivity index (χ2n) is 8.29. The Morgan fingerprint density at radius 3 is 2.32 bits per heavy atom. The van der Waals surface area contributed by atoms with Crippen LogP contribution >= 0.6 is 0 Å². The van der Waals surface area contributed by atoms with E-state index in [0.717, 1.165) is 0 Å². The first-order chi connectivity index (χ1) is 13.1. The van der Waals surface area contributed by atoms with Crippen LogP contribution in [0.3, 0.4) is 0 Å². The van der Waals surface area contributed by atoms with E-state index >= 15 is 0 Å². The molecule has 1 aliphatic rings. The zero-order valence-electron chi connectivity index (χ0n) is 17.6. The third kappa shape index (κ3) is 7.03. The Bertz CT molecular complexity index is 540. The summed E-state index contributed by atoms with van der Waals surface area (Å²) < 4.78 is 0. The van der Waals surface area contributed by atoms with Crippen molar-refractivity contribution in [3.05, 3.63) is 0 Å². The summed E-state index contributed by atoms with van der Waals surface area (Å²) in [4.78, 5) is 43.7. The maximum atomic E-state index is 12.8. The average Bonchev–Trinajstić information content (AvgIpc) is 3.08. The third-order valence-electron chi connectivity index (χ3n) is 4.78. The topological polar surface area (TPSA) is 134 Å². The normalized spacial score (nSPS) is 20.2. The first-order valence-corrected chi connectivity index (χ1v) is 9.95. The Labute approximate surface area is 167 Å². The summed E-state index contributed by atoms with van der Waals surface area (Å²) in [5.41, 5.74) is 8.19. The van der Waals surface area contributed by atoms with Gasteiger partial charge < -0.3 is 21.1 Å². The van der Waals surface area contributed by atoms with Crippen LogP contribution in [0.1, 0.15) is 53.4 Å². The van der Waals surface area contributed by atoms with E-state index in [1.54, 1.807) is 0 Å². The van der Waals surface area contributed by atoms with Gasteiger partial charge in [-0.3, -0.25) is 19.2 Å². The van der Waals surface area contributed by atoms with Crippen LogP contribution < -0.4 is 16.5 Å². The Morgan fingerprint density at radius 2 is 1.79 bits per heavy atom. The zero-order valence-corrected chi connectivity index (χ0v) is 17.6. The van der Waals surface area contributed by atoms with Gasteiger partial charge in [0.25, 0.3) is 11.8 Å². The number of carbonyl (C=O) groups excluding carboxylic acids is 3. The summed E-state index contributed by atoms with van der Waals surface area (Å²) >= 11 is 0. The molecule has 1 saturated heterocycles. The van der Waals surface area contributed by atoms with Crippen molar-refractivity contribution in [2.24, 2.45) is 17.6 Å². The summed E-state index contributed by atoms with van der Waals surface area (Å²) in [6, 6.07) is -2.17. The lowest BCUT2D eigenvalue weighted by Crippen LogP contribution is -2.56. The van der Waals surface area contributed by atoms with Gasteiger partial charge in [-0.25, -0.2) is 5.48 Å². The van der Waals surface area contributed by atoms with Crippen LogP contribution in [0.2, 0.25) is 0 Å². The van der Waals surface area contributed by atoms with E-state index in [0.29, 0.717) is 32.2 Å². The molecule has 1 rings (SSSR count). The molecule has 9 nitrogen and oxygen atoms in total. The van der Waals surface area contributed by atoms with Crippen LogP contribution in [0.25, 0.3) is 0 Å². The molecule has 0 aromatic carbocycles. The number of amides is 3. The summed E-state index contributed by atoms with van der Waals surface area (Å²) in [5, 5.41) is 13.0. The monoisotopic (exact) mass is 400 g/mol. The molecule has 4 atom stereocenters. The van der Waals surface area contributed by atoms with Gasteiger partial charge in [0.15, 0.2) is 0 Å². The first-order valence-electron chi connectivity index (χ1n) is 9.95. The molecule has 0 radical (unpaired) electrons. The fourth-order valence-corrected chi connectivity index (χ4v) is 3.47. The average molecular weight is 401 g/mol. The smallest absolute Gasteiger partial charge is 0.266 e. The van der Waals surface area contributed by atoms with Gasteiger partial charge in [0.05, 0.1) is 7.11 Å². The molecular weight excluding hydrogens is 364 g/mol. The van der Waals surface area contributed by atoms with Gasteiger partial charge in [-0.2, -0.15) is 0 Å². The number of aliphatic hydroxyl groups excluding tert-OH is 1. The van der Waals surface area contributed by atoms with E-state index in [1.165, 1.54) is 12.0 Å². The molecule has 1 aliphatic heterocycles. The van der Waals surface area contributed by atoms with Gasteiger partial charge in [-0.1, -0.05) is 27.7 Å². The lowest BCUT2D eigenvalue weighted by Gasteiger charge is -2.30. The predicted molar refractivity (Wildman–Crippen MR) is 105 cm³/mol. The fraction of sp³-hybridized carbons (Fsp3) is 0.842. The molecular formula is C19H36N4O5. The minimum absolute atomic E-state index is 0.171. The number of hydroxylamine groups is 1. The molecule has 0 spiro atoms.